The van der Waals surface area contributed by atoms with E-state index in [9.17, 15) is 0 Å². The summed E-state index contributed by atoms with van der Waals surface area (Å²) in [5.41, 5.74) is 15.0. The molecule has 0 heterocycles. The molecule has 0 aromatic heterocycles. The fourth-order valence-corrected chi connectivity index (χ4v) is 3.13. The van der Waals surface area contributed by atoms with Crippen LogP contribution in [0.4, 0.5) is 0 Å². The molecule has 0 amide bonds. The van der Waals surface area contributed by atoms with Crippen LogP contribution in [0.25, 0.3) is 17.2 Å². The van der Waals surface area contributed by atoms with Crippen LogP contribution in [0.3, 0.4) is 0 Å². The van der Waals surface area contributed by atoms with Crippen LogP contribution in [-0.2, 0) is 0 Å². The van der Waals surface area contributed by atoms with Gasteiger partial charge in [-0.3, -0.25) is 0 Å². The smallest absolute Gasteiger partial charge is 0.288 e. The van der Waals surface area contributed by atoms with Gasteiger partial charge in [0.2, 0.25) is 0 Å². The van der Waals surface area contributed by atoms with Crippen LogP contribution < -0.4 is 0 Å². The Balaban J connectivity index is 2.01. The van der Waals surface area contributed by atoms with Crippen molar-refractivity contribution < 1.29 is 4.79 Å². The number of benzene rings is 2. The third-order valence-corrected chi connectivity index (χ3v) is 4.27. The highest BCUT2D eigenvalue weighted by Crippen LogP contribution is 2.34. The zero-order chi connectivity index (χ0) is 15.9. The van der Waals surface area contributed by atoms with Crippen molar-refractivity contribution in [2.45, 2.75) is 25.7 Å². The van der Waals surface area contributed by atoms with Crippen LogP contribution in [0.1, 0.15) is 42.4 Å². The monoisotopic (exact) mass is 300 g/mol. The molecular weight excluding hydrogens is 280 g/mol. The van der Waals surface area contributed by atoms with Crippen LogP contribution in [0.5, 0.6) is 0 Å². The van der Waals surface area contributed by atoms with Gasteiger partial charge in [0.1, 0.15) is 0 Å². The molecule has 3 rings (SSSR count). The number of rotatable bonds is 4. The lowest BCUT2D eigenvalue weighted by molar-refractivity contribution is 0.00455. The minimum Gasteiger partial charge on any atom is -0.361 e. The molecule has 2 aromatic rings. The van der Waals surface area contributed by atoms with Gasteiger partial charge in [-0.15, -0.1) is 0 Å². The zero-order valence-electron chi connectivity index (χ0n) is 13.2. The third-order valence-electron chi connectivity index (χ3n) is 4.27. The number of hydrogen-bond donors (Lipinski definition) is 0. The van der Waals surface area contributed by atoms with Gasteiger partial charge in [0.05, 0.1) is 5.56 Å². The molecule has 2 nitrogen and oxygen atoms in total. The molecule has 0 spiro atoms. The van der Waals surface area contributed by atoms with E-state index < -0.39 is 0 Å². The van der Waals surface area contributed by atoms with Crippen molar-refractivity contribution >= 4 is 17.9 Å². The van der Waals surface area contributed by atoms with Crippen LogP contribution in [0.2, 0.25) is 0 Å². The summed E-state index contributed by atoms with van der Waals surface area (Å²) in [6.07, 6.45) is 10.6. The Hall–Kier alpha value is -2.70. The van der Waals surface area contributed by atoms with Crippen molar-refractivity contribution in [2.24, 2.45) is 0 Å². The Kier molecular flexibility index (Phi) is 4.98. The zero-order valence-corrected chi connectivity index (χ0v) is 13.2. The van der Waals surface area contributed by atoms with E-state index >= 15 is 0 Å². The maximum absolute atomic E-state index is 8.90. The fourth-order valence-electron chi connectivity index (χ4n) is 3.13. The number of allylic oxidation sites excluding steroid dienone is 3. The molecule has 0 saturated heterocycles. The highest BCUT2D eigenvalue weighted by molar-refractivity contribution is 5.87. The molecule has 0 fully saturated rings. The highest BCUT2D eigenvalue weighted by Gasteiger charge is 2.15. The summed E-state index contributed by atoms with van der Waals surface area (Å²) in [6, 6.07) is 18.5. The molecule has 0 N–H and O–H groups in total. The van der Waals surface area contributed by atoms with Gasteiger partial charge in [0.15, 0.2) is 0 Å². The summed E-state index contributed by atoms with van der Waals surface area (Å²) in [5.74, 6) is 0. The third kappa shape index (κ3) is 3.74. The average Bonchev–Trinajstić information content (AvgIpc) is 2.62. The molecule has 0 bridgehead atoms. The van der Waals surface area contributed by atoms with E-state index in [4.69, 9.17) is 5.53 Å². The second kappa shape index (κ2) is 7.53. The van der Waals surface area contributed by atoms with E-state index in [1.165, 1.54) is 41.3 Å². The Morgan fingerprint density at radius 2 is 1.57 bits per heavy atom. The van der Waals surface area contributed by atoms with Gasteiger partial charge >= 0.3 is 0 Å². The predicted octanol–water partition coefficient (Wildman–Crippen LogP) is 5.38. The average molecular weight is 300 g/mol. The van der Waals surface area contributed by atoms with Crippen molar-refractivity contribution in [3.8, 4) is 0 Å². The van der Waals surface area contributed by atoms with E-state index in [1.54, 1.807) is 0 Å². The summed E-state index contributed by atoms with van der Waals surface area (Å²) >= 11 is 0. The van der Waals surface area contributed by atoms with Crippen LogP contribution >= 0.6 is 0 Å². The van der Waals surface area contributed by atoms with Gasteiger partial charge in [-0.2, -0.15) is 4.79 Å². The molecule has 2 heteroatoms. The van der Waals surface area contributed by atoms with E-state index in [0.717, 1.165) is 18.4 Å². The van der Waals surface area contributed by atoms with Crippen LogP contribution in [-0.4, -0.2) is 11.0 Å². The maximum atomic E-state index is 8.90. The molecule has 114 valence electrons. The first kappa shape index (κ1) is 15.2. The summed E-state index contributed by atoms with van der Waals surface area (Å²) in [4.78, 5) is 3.21. The molecule has 2 aromatic carbocycles. The molecule has 1 aliphatic carbocycles. The molecule has 0 saturated carbocycles. The fraction of sp³-hybridized carbons (Fsp3) is 0.190. The lowest BCUT2D eigenvalue weighted by Crippen LogP contribution is -2.01. The van der Waals surface area contributed by atoms with Gasteiger partial charge in [0, 0.05) is 0 Å². The van der Waals surface area contributed by atoms with Gasteiger partial charge in [-0.1, -0.05) is 60.7 Å². The van der Waals surface area contributed by atoms with Crippen molar-refractivity contribution in [3.63, 3.8) is 0 Å². The van der Waals surface area contributed by atoms with E-state index in [1.807, 2.05) is 24.3 Å². The normalized spacial score (nSPS) is 14.8. The Morgan fingerprint density at radius 3 is 2.39 bits per heavy atom. The first-order valence-corrected chi connectivity index (χ1v) is 8.10. The van der Waals surface area contributed by atoms with Gasteiger partial charge < -0.3 is 5.53 Å². The summed E-state index contributed by atoms with van der Waals surface area (Å²) < 4.78 is 0. The highest BCUT2D eigenvalue weighted by atomic mass is 14.8. The SMILES string of the molecule is [N-]=[N+]=Cc1ccccc1C1=C(/C=C/c2ccccc2)CCCC1. The van der Waals surface area contributed by atoms with Gasteiger partial charge in [-0.05, 0) is 54.0 Å². The Morgan fingerprint density at radius 1 is 0.826 bits per heavy atom. The lowest BCUT2D eigenvalue weighted by atomic mass is 9.85. The molecule has 0 radical (unpaired) electrons. The topological polar surface area (TPSA) is 36.4 Å². The molecule has 0 unspecified atom stereocenters. The minimum atomic E-state index is 0.970. The number of hydrogen-bond acceptors (Lipinski definition) is 0. The van der Waals surface area contributed by atoms with Crippen molar-refractivity contribution in [3.05, 3.63) is 88.5 Å². The maximum Gasteiger partial charge on any atom is 0.288 e. The summed E-state index contributed by atoms with van der Waals surface area (Å²) in [5, 5.41) is 0. The van der Waals surface area contributed by atoms with Crippen molar-refractivity contribution in [1.29, 1.82) is 0 Å². The number of nitrogens with zero attached hydrogens (tertiary/aromatic N) is 2. The first-order valence-electron chi connectivity index (χ1n) is 8.10. The summed E-state index contributed by atoms with van der Waals surface area (Å²) in [7, 11) is 0. The van der Waals surface area contributed by atoms with E-state index in [0.29, 0.717) is 0 Å². The molecule has 0 aliphatic heterocycles. The van der Waals surface area contributed by atoms with Crippen molar-refractivity contribution in [2.75, 3.05) is 0 Å². The van der Waals surface area contributed by atoms with Crippen LogP contribution in [0.15, 0.2) is 66.2 Å². The second-order valence-electron chi connectivity index (χ2n) is 5.79. The second-order valence-corrected chi connectivity index (χ2v) is 5.79. The van der Waals surface area contributed by atoms with Gasteiger partial charge in [-0.25, -0.2) is 0 Å². The standard InChI is InChI=1S/C21H20N2/c22-23-16-19-11-5-7-13-21(19)20-12-6-4-10-18(20)15-14-17-8-2-1-3-9-17/h1-3,5,7-9,11,13-16H,4,6,10,12H2/b15-14+. The van der Waals surface area contributed by atoms with Crippen molar-refractivity contribution in [1.82, 2.24) is 0 Å². The van der Waals surface area contributed by atoms with E-state index in [2.05, 4.69) is 47.3 Å². The largest absolute Gasteiger partial charge is 0.361 e. The van der Waals surface area contributed by atoms with Crippen LogP contribution in [0, 0.1) is 0 Å². The summed E-state index contributed by atoms with van der Waals surface area (Å²) in [6.45, 7) is 0. The van der Waals surface area contributed by atoms with Gasteiger partial charge in [0.25, 0.3) is 6.21 Å². The molecular formula is C21H20N2. The molecule has 1 aliphatic rings. The lowest BCUT2D eigenvalue weighted by Gasteiger charge is -2.19. The predicted molar refractivity (Wildman–Crippen MR) is 96.1 cm³/mol. The Labute approximate surface area is 137 Å². The molecule has 0 atom stereocenters. The minimum absolute atomic E-state index is 0.970. The Bertz CT molecular complexity index is 778. The quantitative estimate of drug-likeness (QED) is 0.413. The first-order chi connectivity index (χ1) is 11.4. The molecule has 23 heavy (non-hydrogen) atoms. The van der Waals surface area contributed by atoms with E-state index in [-0.39, 0.29) is 0 Å².